The molecule has 1 aromatic heterocycles. The third kappa shape index (κ3) is 3.00. The van der Waals surface area contributed by atoms with Crippen molar-refractivity contribution in [2.24, 2.45) is 0 Å². The van der Waals surface area contributed by atoms with Crippen LogP contribution in [0.1, 0.15) is 34.1 Å². The lowest BCUT2D eigenvalue weighted by Crippen LogP contribution is -2.28. The number of hydrogen-bond donors (Lipinski definition) is 1. The number of aromatic nitrogens is 1. The Morgan fingerprint density at radius 3 is 2.90 bits per heavy atom. The van der Waals surface area contributed by atoms with Gasteiger partial charge >= 0.3 is 0 Å². The van der Waals surface area contributed by atoms with Crippen LogP contribution >= 0.6 is 43.5 Å². The first-order chi connectivity index (χ1) is 10.1. The van der Waals surface area contributed by atoms with Gasteiger partial charge in [-0.1, -0.05) is 23.7 Å². The first-order valence-electron chi connectivity index (χ1n) is 6.46. The lowest BCUT2D eigenvalue weighted by Gasteiger charge is -2.14. The van der Waals surface area contributed by atoms with Gasteiger partial charge in [-0.3, -0.25) is 4.79 Å². The van der Waals surface area contributed by atoms with E-state index in [-0.39, 0.29) is 11.9 Å². The number of nitrogens with one attached hydrogen (secondary N) is 1. The zero-order chi connectivity index (χ0) is 15.0. The van der Waals surface area contributed by atoms with E-state index in [0.717, 1.165) is 29.0 Å². The van der Waals surface area contributed by atoms with Gasteiger partial charge < -0.3 is 5.32 Å². The molecule has 108 valence electrons. The summed E-state index contributed by atoms with van der Waals surface area (Å²) >= 11 is 12.8. The van der Waals surface area contributed by atoms with E-state index in [1.54, 1.807) is 12.1 Å². The van der Waals surface area contributed by atoms with Crippen molar-refractivity contribution in [2.45, 2.75) is 18.9 Å². The molecule has 0 saturated heterocycles. The van der Waals surface area contributed by atoms with Gasteiger partial charge in [0.15, 0.2) is 0 Å². The largest absolute Gasteiger partial charge is 0.344 e. The second-order valence-corrected chi connectivity index (χ2v) is 6.91. The van der Waals surface area contributed by atoms with Crippen LogP contribution in [-0.4, -0.2) is 10.9 Å². The van der Waals surface area contributed by atoms with Crippen LogP contribution in [0.4, 0.5) is 0 Å². The molecular weight excluding hydrogens is 419 g/mol. The minimum absolute atomic E-state index is 0.0149. The average molecular weight is 431 g/mol. The van der Waals surface area contributed by atoms with Crippen molar-refractivity contribution in [1.82, 2.24) is 10.3 Å². The van der Waals surface area contributed by atoms with Crippen LogP contribution in [0.3, 0.4) is 0 Å². The van der Waals surface area contributed by atoms with E-state index in [1.165, 1.54) is 0 Å². The molecule has 1 heterocycles. The van der Waals surface area contributed by atoms with Crippen molar-refractivity contribution < 1.29 is 4.79 Å². The molecule has 1 amide bonds. The fourth-order valence-corrected chi connectivity index (χ4v) is 3.55. The molecule has 0 spiro atoms. The molecule has 0 aliphatic heterocycles. The summed E-state index contributed by atoms with van der Waals surface area (Å²) in [6.45, 7) is 0. The van der Waals surface area contributed by atoms with E-state index in [4.69, 9.17) is 11.6 Å². The van der Waals surface area contributed by atoms with Gasteiger partial charge in [0.25, 0.3) is 5.91 Å². The third-order valence-corrected chi connectivity index (χ3v) is 4.98. The predicted molar refractivity (Wildman–Crippen MR) is 89.6 cm³/mol. The monoisotopic (exact) mass is 428 g/mol. The molecule has 21 heavy (non-hydrogen) atoms. The van der Waals surface area contributed by atoms with Crippen molar-refractivity contribution in [3.8, 4) is 0 Å². The molecule has 0 fully saturated rings. The number of benzene rings is 1. The molecular formula is C15H11Br2ClN2O. The Morgan fingerprint density at radius 1 is 1.29 bits per heavy atom. The van der Waals surface area contributed by atoms with E-state index in [1.807, 2.05) is 18.2 Å². The van der Waals surface area contributed by atoms with E-state index in [2.05, 4.69) is 42.2 Å². The van der Waals surface area contributed by atoms with Gasteiger partial charge in [-0.2, -0.15) is 0 Å². The topological polar surface area (TPSA) is 42.0 Å². The van der Waals surface area contributed by atoms with Gasteiger partial charge in [0, 0.05) is 9.50 Å². The summed E-state index contributed by atoms with van der Waals surface area (Å²) in [6.07, 6.45) is 1.74. The quantitative estimate of drug-likeness (QED) is 0.703. The Bertz CT molecular complexity index is 721. The molecule has 0 unspecified atom stereocenters. The number of carbonyl (C=O) groups excluding carboxylic acids is 1. The van der Waals surface area contributed by atoms with Crippen LogP contribution in [0, 0.1) is 0 Å². The molecule has 1 aliphatic carbocycles. The van der Waals surface area contributed by atoms with Crippen LogP contribution in [0.15, 0.2) is 39.4 Å². The zero-order valence-electron chi connectivity index (χ0n) is 10.9. The number of nitrogens with zero attached hydrogens (tertiary/aromatic N) is 1. The highest BCUT2D eigenvalue weighted by Gasteiger charge is 2.26. The van der Waals surface area contributed by atoms with Gasteiger partial charge in [-0.25, -0.2) is 4.98 Å². The molecule has 2 aromatic rings. The lowest BCUT2D eigenvalue weighted by molar-refractivity contribution is 0.0930. The average Bonchev–Trinajstić information content (AvgIpc) is 2.86. The van der Waals surface area contributed by atoms with Gasteiger partial charge in [0.1, 0.15) is 10.3 Å². The summed E-state index contributed by atoms with van der Waals surface area (Å²) in [4.78, 5) is 16.6. The Hall–Kier alpha value is -0.910. The number of pyridine rings is 1. The minimum Gasteiger partial charge on any atom is -0.344 e. The molecule has 3 nitrogen and oxygen atoms in total. The Kier molecular flexibility index (Phi) is 4.33. The van der Waals surface area contributed by atoms with Gasteiger partial charge in [-0.05, 0) is 74.0 Å². The molecule has 1 atom stereocenters. The second kappa shape index (κ2) is 6.07. The normalized spacial score (nSPS) is 16.6. The lowest BCUT2D eigenvalue weighted by atomic mass is 10.1. The van der Waals surface area contributed by atoms with Crippen LogP contribution in [0.5, 0.6) is 0 Å². The molecule has 1 aliphatic rings. The first-order valence-corrected chi connectivity index (χ1v) is 8.43. The van der Waals surface area contributed by atoms with Crippen molar-refractivity contribution in [3.05, 3.63) is 61.3 Å². The van der Waals surface area contributed by atoms with E-state index >= 15 is 0 Å². The van der Waals surface area contributed by atoms with Crippen molar-refractivity contribution in [1.29, 1.82) is 0 Å². The Labute approximate surface area is 144 Å². The molecule has 1 aromatic carbocycles. The van der Waals surface area contributed by atoms with Crippen LogP contribution in [0.2, 0.25) is 5.02 Å². The molecule has 6 heteroatoms. The summed E-state index contributed by atoms with van der Waals surface area (Å²) in [5.74, 6) is -0.194. The molecule has 1 N–H and O–H groups in total. The second-order valence-electron chi connectivity index (χ2n) is 4.84. The number of hydrogen-bond acceptors (Lipinski definition) is 2. The van der Waals surface area contributed by atoms with Crippen LogP contribution in [0.25, 0.3) is 0 Å². The summed E-state index contributed by atoms with van der Waals surface area (Å²) in [5, 5.41) is 3.81. The third-order valence-electron chi connectivity index (χ3n) is 3.55. The fourth-order valence-electron chi connectivity index (χ4n) is 2.56. The van der Waals surface area contributed by atoms with Crippen molar-refractivity contribution in [3.63, 3.8) is 0 Å². The SMILES string of the molecule is O=C(N[C@H]1CCc2c(Cl)cccc21)c1nc(Br)ccc1Br. The number of amides is 1. The van der Waals surface area contributed by atoms with Gasteiger partial charge in [0.2, 0.25) is 0 Å². The summed E-state index contributed by atoms with van der Waals surface area (Å²) in [7, 11) is 0. The Balaban J connectivity index is 1.84. The highest BCUT2D eigenvalue weighted by molar-refractivity contribution is 9.11. The highest BCUT2D eigenvalue weighted by Crippen LogP contribution is 2.35. The standard InChI is InChI=1S/C15H11Br2ClN2O/c16-10-5-7-13(17)20-14(10)15(21)19-12-6-4-8-9(12)2-1-3-11(8)18/h1-3,5,7,12H,4,6H2,(H,19,21)/t12-/m0/s1. The van der Waals surface area contributed by atoms with Crippen molar-refractivity contribution in [2.75, 3.05) is 0 Å². The zero-order valence-corrected chi connectivity index (χ0v) is 14.8. The van der Waals surface area contributed by atoms with Crippen LogP contribution in [-0.2, 0) is 6.42 Å². The van der Waals surface area contributed by atoms with E-state index < -0.39 is 0 Å². The maximum Gasteiger partial charge on any atom is 0.271 e. The van der Waals surface area contributed by atoms with E-state index in [0.29, 0.717) is 14.8 Å². The summed E-state index contributed by atoms with van der Waals surface area (Å²) < 4.78 is 1.30. The maximum absolute atomic E-state index is 12.4. The summed E-state index contributed by atoms with van der Waals surface area (Å²) in [6, 6.07) is 9.38. The number of rotatable bonds is 2. The summed E-state index contributed by atoms with van der Waals surface area (Å²) in [5.41, 5.74) is 2.60. The van der Waals surface area contributed by atoms with Gasteiger partial charge in [-0.15, -0.1) is 0 Å². The smallest absolute Gasteiger partial charge is 0.271 e. The van der Waals surface area contributed by atoms with E-state index in [9.17, 15) is 4.79 Å². The molecule has 0 radical (unpaired) electrons. The van der Waals surface area contributed by atoms with Gasteiger partial charge in [0.05, 0.1) is 6.04 Å². The molecule has 0 saturated carbocycles. The Morgan fingerprint density at radius 2 is 2.10 bits per heavy atom. The number of fused-ring (bicyclic) bond motifs is 1. The predicted octanol–water partition coefficient (Wildman–Crippen LogP) is 4.68. The first kappa shape index (κ1) is 15.0. The fraction of sp³-hybridized carbons (Fsp3) is 0.200. The van der Waals surface area contributed by atoms with Crippen LogP contribution < -0.4 is 5.32 Å². The molecule has 0 bridgehead atoms. The highest BCUT2D eigenvalue weighted by atomic mass is 79.9. The molecule has 3 rings (SSSR count). The minimum atomic E-state index is -0.194. The van der Waals surface area contributed by atoms with Crippen molar-refractivity contribution >= 4 is 49.4 Å². The number of carbonyl (C=O) groups is 1. The maximum atomic E-state index is 12.4. The number of halogens is 3.